The Morgan fingerprint density at radius 2 is 1.92 bits per heavy atom. The third-order valence-electron chi connectivity index (χ3n) is 3.85. The molecule has 6 heteroatoms. The Labute approximate surface area is 152 Å². The average Bonchev–Trinajstić information content (AvgIpc) is 2.56. The van der Waals surface area contributed by atoms with Gasteiger partial charge in [0, 0.05) is 6.54 Å². The van der Waals surface area contributed by atoms with Crippen LogP contribution in [0.4, 0.5) is 4.39 Å². The second-order valence-corrected chi connectivity index (χ2v) is 6.20. The van der Waals surface area contributed by atoms with Gasteiger partial charge in [-0.05, 0) is 50.8 Å². The van der Waals surface area contributed by atoms with Crippen molar-refractivity contribution in [2.75, 3.05) is 27.2 Å². The summed E-state index contributed by atoms with van der Waals surface area (Å²) in [6, 6.07) is 11.8. The highest BCUT2D eigenvalue weighted by atomic mass is 35.5. The number of ether oxygens (including phenoxy) is 1. The zero-order chi connectivity index (χ0) is 18.4. The van der Waals surface area contributed by atoms with Crippen LogP contribution in [-0.4, -0.2) is 38.1 Å². The first-order valence-corrected chi connectivity index (χ1v) is 8.43. The Balaban J connectivity index is 2.10. The molecule has 2 aromatic carbocycles. The van der Waals surface area contributed by atoms with Crippen molar-refractivity contribution in [1.82, 2.24) is 10.2 Å². The maximum absolute atomic E-state index is 13.9. The molecule has 0 fully saturated rings. The monoisotopic (exact) mass is 364 g/mol. The molecule has 1 unspecified atom stereocenters. The van der Waals surface area contributed by atoms with Crippen molar-refractivity contribution in [2.24, 2.45) is 0 Å². The van der Waals surface area contributed by atoms with Gasteiger partial charge in [-0.25, -0.2) is 4.39 Å². The highest BCUT2D eigenvalue weighted by Crippen LogP contribution is 2.22. The lowest BCUT2D eigenvalue weighted by Crippen LogP contribution is -2.35. The second-order valence-electron chi connectivity index (χ2n) is 5.79. The van der Waals surface area contributed by atoms with E-state index < -0.39 is 11.7 Å². The normalized spacial score (nSPS) is 12.1. The molecule has 0 aliphatic carbocycles. The Kier molecular flexibility index (Phi) is 6.79. The molecule has 0 aromatic heterocycles. The van der Waals surface area contributed by atoms with Crippen LogP contribution in [0.25, 0.3) is 0 Å². The molecule has 2 aromatic rings. The summed E-state index contributed by atoms with van der Waals surface area (Å²) in [5, 5.41) is 2.86. The van der Waals surface area contributed by atoms with Crippen LogP contribution in [-0.2, 0) is 0 Å². The first-order chi connectivity index (χ1) is 11.9. The maximum Gasteiger partial charge on any atom is 0.255 e. The molecule has 0 spiro atoms. The molecule has 25 heavy (non-hydrogen) atoms. The fourth-order valence-electron chi connectivity index (χ4n) is 2.54. The highest BCUT2D eigenvalue weighted by molar-refractivity contribution is 6.33. The molecule has 134 valence electrons. The number of benzene rings is 2. The molecule has 0 radical (unpaired) electrons. The molecule has 1 amide bonds. The topological polar surface area (TPSA) is 41.6 Å². The van der Waals surface area contributed by atoms with Crippen LogP contribution < -0.4 is 10.1 Å². The van der Waals surface area contributed by atoms with E-state index in [0.29, 0.717) is 13.2 Å². The SMILES string of the molecule is CCOc1ccc(C(CNC(=O)c2c(F)cccc2Cl)N(C)C)cc1. The number of halogens is 2. The summed E-state index contributed by atoms with van der Waals surface area (Å²) in [6.07, 6.45) is 0. The van der Waals surface area contributed by atoms with Crippen LogP contribution >= 0.6 is 11.6 Å². The van der Waals surface area contributed by atoms with E-state index in [1.54, 1.807) is 0 Å². The Bertz CT molecular complexity index is 700. The van der Waals surface area contributed by atoms with Crippen molar-refractivity contribution in [3.8, 4) is 5.75 Å². The van der Waals surface area contributed by atoms with Gasteiger partial charge in [-0.1, -0.05) is 29.8 Å². The lowest BCUT2D eigenvalue weighted by Gasteiger charge is -2.25. The van der Waals surface area contributed by atoms with Crippen LogP contribution in [0.5, 0.6) is 5.75 Å². The number of nitrogens with one attached hydrogen (secondary N) is 1. The first kappa shape index (κ1) is 19.2. The molecule has 4 nitrogen and oxygen atoms in total. The number of hydrogen-bond donors (Lipinski definition) is 1. The number of nitrogens with zero attached hydrogens (tertiary/aromatic N) is 1. The summed E-state index contributed by atoms with van der Waals surface area (Å²) >= 11 is 5.94. The Morgan fingerprint density at radius 3 is 2.48 bits per heavy atom. The quantitative estimate of drug-likeness (QED) is 0.809. The molecule has 0 heterocycles. The minimum absolute atomic E-state index is 0.0647. The largest absolute Gasteiger partial charge is 0.494 e. The van der Waals surface area contributed by atoms with Crippen molar-refractivity contribution >= 4 is 17.5 Å². The van der Waals surface area contributed by atoms with E-state index in [1.165, 1.54) is 18.2 Å². The fourth-order valence-corrected chi connectivity index (χ4v) is 2.79. The zero-order valence-corrected chi connectivity index (χ0v) is 15.3. The molecule has 1 atom stereocenters. The number of rotatable bonds is 7. The summed E-state index contributed by atoms with van der Waals surface area (Å²) in [5.41, 5.74) is 0.891. The molecule has 0 aliphatic heterocycles. The van der Waals surface area contributed by atoms with Gasteiger partial charge in [0.05, 0.1) is 23.2 Å². The zero-order valence-electron chi connectivity index (χ0n) is 14.6. The predicted octanol–water partition coefficient (Wildman–Crippen LogP) is 3.91. The summed E-state index contributed by atoms with van der Waals surface area (Å²) in [4.78, 5) is 14.3. The van der Waals surface area contributed by atoms with Gasteiger partial charge in [-0.3, -0.25) is 4.79 Å². The smallest absolute Gasteiger partial charge is 0.255 e. The Hall–Kier alpha value is -2.11. The maximum atomic E-state index is 13.9. The van der Waals surface area contributed by atoms with E-state index in [-0.39, 0.29) is 16.6 Å². The number of carbonyl (C=O) groups excluding carboxylic acids is 1. The van der Waals surface area contributed by atoms with Crippen molar-refractivity contribution in [3.63, 3.8) is 0 Å². The highest BCUT2D eigenvalue weighted by Gasteiger charge is 2.19. The predicted molar refractivity (Wildman–Crippen MR) is 97.8 cm³/mol. The summed E-state index contributed by atoms with van der Waals surface area (Å²) in [5.74, 6) is -0.362. The number of amides is 1. The average molecular weight is 365 g/mol. The van der Waals surface area contributed by atoms with Crippen molar-refractivity contribution < 1.29 is 13.9 Å². The molecule has 1 N–H and O–H groups in total. The number of hydrogen-bond acceptors (Lipinski definition) is 3. The lowest BCUT2D eigenvalue weighted by molar-refractivity contribution is 0.0938. The number of carbonyl (C=O) groups is 1. The third-order valence-corrected chi connectivity index (χ3v) is 4.16. The van der Waals surface area contributed by atoms with Gasteiger partial charge in [-0.15, -0.1) is 0 Å². The van der Waals surface area contributed by atoms with Gasteiger partial charge < -0.3 is 15.0 Å². The molecule has 2 rings (SSSR count). The van der Waals surface area contributed by atoms with Crippen molar-refractivity contribution in [3.05, 3.63) is 64.4 Å². The molecule has 0 aliphatic rings. The van der Waals surface area contributed by atoms with Crippen LogP contribution in [0.15, 0.2) is 42.5 Å². The van der Waals surface area contributed by atoms with Gasteiger partial charge in [0.25, 0.3) is 5.91 Å². The van der Waals surface area contributed by atoms with Gasteiger partial charge >= 0.3 is 0 Å². The molecular formula is C19H22ClFN2O2. The number of likely N-dealkylation sites (N-methyl/N-ethyl adjacent to an activating group) is 1. The molecule has 0 saturated carbocycles. The molecule has 0 bridgehead atoms. The minimum Gasteiger partial charge on any atom is -0.494 e. The van der Waals surface area contributed by atoms with Crippen LogP contribution in [0.2, 0.25) is 5.02 Å². The van der Waals surface area contributed by atoms with Crippen molar-refractivity contribution in [1.29, 1.82) is 0 Å². The third kappa shape index (κ3) is 4.94. The lowest BCUT2D eigenvalue weighted by atomic mass is 10.1. The van der Waals surface area contributed by atoms with Gasteiger partial charge in [0.15, 0.2) is 0 Å². The molecule has 0 saturated heterocycles. The van der Waals surface area contributed by atoms with Gasteiger partial charge in [0.2, 0.25) is 0 Å². The van der Waals surface area contributed by atoms with E-state index in [4.69, 9.17) is 16.3 Å². The fraction of sp³-hybridized carbons (Fsp3) is 0.316. The van der Waals surface area contributed by atoms with E-state index in [0.717, 1.165) is 11.3 Å². The van der Waals surface area contributed by atoms with Crippen molar-refractivity contribution in [2.45, 2.75) is 13.0 Å². The minimum atomic E-state index is -0.632. The summed E-state index contributed by atoms with van der Waals surface area (Å²) in [7, 11) is 3.84. The summed E-state index contributed by atoms with van der Waals surface area (Å²) in [6.45, 7) is 2.86. The Morgan fingerprint density at radius 1 is 1.24 bits per heavy atom. The van der Waals surface area contributed by atoms with E-state index >= 15 is 0 Å². The van der Waals surface area contributed by atoms with E-state index in [2.05, 4.69) is 5.32 Å². The second kappa shape index (κ2) is 8.83. The van der Waals surface area contributed by atoms with E-state index in [1.807, 2.05) is 50.2 Å². The summed E-state index contributed by atoms with van der Waals surface area (Å²) < 4.78 is 19.3. The van der Waals surface area contributed by atoms with Crippen LogP contribution in [0.1, 0.15) is 28.9 Å². The first-order valence-electron chi connectivity index (χ1n) is 8.05. The standard InChI is InChI=1S/C19H22ClFN2O2/c1-4-25-14-10-8-13(9-11-14)17(23(2)3)12-22-19(24)18-15(20)6-5-7-16(18)21/h5-11,17H,4,12H2,1-3H3,(H,22,24). The van der Waals surface area contributed by atoms with Gasteiger partial charge in [-0.2, -0.15) is 0 Å². The van der Waals surface area contributed by atoms with Crippen LogP contribution in [0.3, 0.4) is 0 Å². The van der Waals surface area contributed by atoms with E-state index in [9.17, 15) is 9.18 Å². The van der Waals surface area contributed by atoms with Crippen LogP contribution in [0, 0.1) is 5.82 Å². The van der Waals surface area contributed by atoms with Gasteiger partial charge in [0.1, 0.15) is 11.6 Å². The molecular weight excluding hydrogens is 343 g/mol.